The number of pyridine rings is 7. The van der Waals surface area contributed by atoms with Crippen molar-refractivity contribution < 1.29 is 67.0 Å². The molecular formula is C108H124Br3Cl5N14O14Si2. The van der Waals surface area contributed by atoms with E-state index in [0.29, 0.717) is 87.6 Å². The summed E-state index contributed by atoms with van der Waals surface area (Å²) in [6.45, 7) is 40.2. The molecule has 0 aliphatic carbocycles. The average Bonchev–Trinajstić information content (AvgIpc) is 1.60. The minimum Gasteiger partial charge on any atom is -0.497 e. The number of carbonyl (C=O) groups is 5. The van der Waals surface area contributed by atoms with Crippen LogP contribution in [0.15, 0.2) is 246 Å². The summed E-state index contributed by atoms with van der Waals surface area (Å²) in [7, 11) is 4.03. The van der Waals surface area contributed by atoms with Crippen molar-refractivity contribution in [3.8, 4) is 28.7 Å². The standard InChI is InChI=1S/C32H41ClN4O4Si.C32H39ClN4O4Si.C18H20BrClN2O3.C13H12BrClN2O.C8H8O2.C5H4BrClN2/c2*1-31(2,3)41-30(39)36(20-21-10-12-23(40-7)13-11-21)26-18-22(33)19-35-27(26)28(38)24-14-16-34-29-25(24)15-17-37(29)42(8,9)32(4,5)6;1-18(2,3)25-17(23)22(15-9-13(20)10-21-16(15)19)11-12-5-7-14(24-4)8-6-12;1-18-11-4-2-9(3-5-11)7-16-12-6-10(15)8-17-13(12)14;1-10-8-4-2-7(6-9)3-5-8;6-5-4(8)1-3(7)2-9-5/h10-19,28,38H,20H2,1-9H3;10-19H,20H2,1-9H3;5-10H,11H2,1-4H3;2-6,8,16H,7H2,1H3;2-6H,1H3;1-2H,8H2. The van der Waals surface area contributed by atoms with Crippen molar-refractivity contribution in [2.45, 2.75) is 189 Å². The molecule has 38 heteroatoms. The average molecular weight is 2320 g/mol. The first-order chi connectivity index (χ1) is 68.5. The molecule has 0 aliphatic heterocycles. The molecule has 0 spiro atoms. The fourth-order valence-corrected chi connectivity index (χ4v) is 19.3. The Morgan fingerprint density at radius 1 is 0.425 bits per heavy atom. The number of methoxy groups -OCH3 is 5. The molecule has 4 N–H and O–H groups in total. The van der Waals surface area contributed by atoms with E-state index >= 15 is 0 Å². The maximum atomic E-state index is 14.3. The molecule has 3 amide bonds. The van der Waals surface area contributed by atoms with Crippen molar-refractivity contribution >= 4 is 203 Å². The summed E-state index contributed by atoms with van der Waals surface area (Å²) in [4.78, 5) is 99.3. The molecule has 9 heterocycles. The van der Waals surface area contributed by atoms with Gasteiger partial charge in [0.1, 0.15) is 88.7 Å². The van der Waals surface area contributed by atoms with E-state index in [0.717, 1.165) is 78.1 Å². The molecule has 14 rings (SSSR count). The van der Waals surface area contributed by atoms with E-state index in [4.69, 9.17) is 107 Å². The molecule has 774 valence electrons. The van der Waals surface area contributed by atoms with Crippen LogP contribution in [0.5, 0.6) is 28.7 Å². The fraction of sp³-hybridized carbons (Fsp3) is 0.315. The van der Waals surface area contributed by atoms with E-state index in [9.17, 15) is 29.1 Å². The third-order valence-corrected chi connectivity index (χ3v) is 36.7. The molecule has 0 bridgehead atoms. The number of amides is 3. The molecule has 1 atom stereocenters. The summed E-state index contributed by atoms with van der Waals surface area (Å²) in [6, 6.07) is 52.8. The van der Waals surface area contributed by atoms with Crippen LogP contribution in [0.1, 0.15) is 170 Å². The Kier molecular flexibility index (Phi) is 41.8. The molecule has 14 aromatic rings. The highest BCUT2D eigenvalue weighted by Gasteiger charge is 2.42. The smallest absolute Gasteiger partial charge is 0.415 e. The number of aliphatic hydroxyl groups is 1. The maximum absolute atomic E-state index is 14.3. The summed E-state index contributed by atoms with van der Waals surface area (Å²) >= 11 is 40.2. The monoisotopic (exact) mass is 2310 g/mol. The number of aldehydes is 1. The third kappa shape index (κ3) is 32.9. The van der Waals surface area contributed by atoms with Crippen molar-refractivity contribution in [3.05, 3.63) is 321 Å². The van der Waals surface area contributed by atoms with E-state index in [1.165, 1.54) is 39.5 Å². The predicted octanol–water partition coefficient (Wildman–Crippen LogP) is 29.2. The number of ketones is 1. The Bertz CT molecular complexity index is 6810. The highest BCUT2D eigenvalue weighted by molar-refractivity contribution is 9.11. The SMILES string of the molecule is COc1ccc(C=O)cc1.COc1ccc(CN(C(=O)OC(C)(C)C)c2cc(Cl)cnc2Br)cc1.COc1ccc(CN(C(=O)OC(C)(C)C)c2cc(Cl)cnc2C(=O)c2ccnc3c2ccn3[Si](C)(C)C(C)(C)C)cc1.COc1ccc(CN(C(=O)OC(C)(C)C)c2cc(Cl)cnc2C(O)c2ccnc3c2ccn3[Si](C)(C)C(C)(C)C)cc1.COc1ccc(CNc2cc(Cl)cnc2Br)cc1.Nc1cc(Cl)cnc1Br. The highest BCUT2D eigenvalue weighted by atomic mass is 79.9. The molecule has 9 aromatic heterocycles. The van der Waals surface area contributed by atoms with Crippen LogP contribution >= 0.6 is 106 Å². The second-order valence-electron chi connectivity index (χ2n) is 39.4. The number of hydrogen-bond donors (Lipinski definition) is 3. The van der Waals surface area contributed by atoms with E-state index < -0.39 is 57.7 Å². The van der Waals surface area contributed by atoms with Gasteiger partial charge in [-0.1, -0.05) is 174 Å². The number of rotatable bonds is 24. The summed E-state index contributed by atoms with van der Waals surface area (Å²) in [5.41, 5.74) is 13.3. The second kappa shape index (κ2) is 51.7. The minimum absolute atomic E-state index is 0.0565. The van der Waals surface area contributed by atoms with Crippen LogP contribution in [0.2, 0.25) is 61.4 Å². The van der Waals surface area contributed by atoms with Crippen LogP contribution in [0, 0.1) is 0 Å². The van der Waals surface area contributed by atoms with E-state index in [-0.39, 0.29) is 51.0 Å². The first-order valence-electron chi connectivity index (χ1n) is 46.0. The molecule has 0 saturated heterocycles. The largest absolute Gasteiger partial charge is 0.497 e. The number of aliphatic hydroxyl groups excluding tert-OH is 1. The summed E-state index contributed by atoms with van der Waals surface area (Å²) in [5, 5.41) is 19.1. The van der Waals surface area contributed by atoms with Gasteiger partial charge in [-0.15, -0.1) is 0 Å². The molecule has 0 fully saturated rings. The zero-order valence-corrected chi connectivity index (χ0v) is 96.7. The zero-order valence-electron chi connectivity index (χ0n) is 86.1. The van der Waals surface area contributed by atoms with Gasteiger partial charge in [-0.05, 0) is 288 Å². The van der Waals surface area contributed by atoms with Crippen molar-refractivity contribution in [1.82, 2.24) is 43.4 Å². The number of fused-ring (bicyclic) bond motifs is 2. The molecule has 5 aromatic carbocycles. The number of nitrogen functional groups attached to an aromatic ring is 1. The maximum Gasteiger partial charge on any atom is 0.415 e. The van der Waals surface area contributed by atoms with Gasteiger partial charge in [-0.25, -0.2) is 44.3 Å². The van der Waals surface area contributed by atoms with Gasteiger partial charge >= 0.3 is 18.3 Å². The molecule has 0 aliphatic rings. The number of nitrogens with one attached hydrogen (secondary N) is 1. The lowest BCUT2D eigenvalue weighted by Crippen LogP contribution is -2.45. The molecule has 0 radical (unpaired) electrons. The van der Waals surface area contributed by atoms with Crippen LogP contribution in [0.25, 0.3) is 22.1 Å². The van der Waals surface area contributed by atoms with Gasteiger partial charge in [-0.3, -0.25) is 29.3 Å². The van der Waals surface area contributed by atoms with Crippen molar-refractivity contribution in [2.75, 3.05) is 61.3 Å². The Balaban J connectivity index is 0.000000211. The van der Waals surface area contributed by atoms with Crippen molar-refractivity contribution in [2.24, 2.45) is 0 Å². The summed E-state index contributed by atoms with van der Waals surface area (Å²) in [5.74, 6) is 3.42. The predicted molar refractivity (Wildman–Crippen MR) is 601 cm³/mol. The summed E-state index contributed by atoms with van der Waals surface area (Å²) < 4.78 is 49.3. The molecule has 0 saturated carbocycles. The third-order valence-electron chi connectivity index (χ3n) is 23.3. The van der Waals surface area contributed by atoms with Gasteiger partial charge in [0.2, 0.25) is 5.78 Å². The Morgan fingerprint density at radius 2 is 0.767 bits per heavy atom. The lowest BCUT2D eigenvalue weighted by atomic mass is 10.0. The Labute approximate surface area is 906 Å². The van der Waals surface area contributed by atoms with Crippen LogP contribution in [-0.2, 0) is 40.4 Å². The number of carbonyl (C=O) groups excluding carboxylic acids is 5. The number of aromatic nitrogens is 9. The first-order valence-corrected chi connectivity index (χ1v) is 56.2. The molecule has 28 nitrogen and oxygen atoms in total. The topological polar surface area (TPSA) is 327 Å². The normalized spacial score (nSPS) is 11.7. The number of benzene rings is 5. The second-order valence-corrected chi connectivity index (χ2v) is 54.0. The van der Waals surface area contributed by atoms with E-state index in [2.05, 4.69) is 165 Å². The van der Waals surface area contributed by atoms with Gasteiger partial charge in [0.25, 0.3) is 0 Å². The van der Waals surface area contributed by atoms with Gasteiger partial charge in [-0.2, -0.15) is 0 Å². The number of nitrogens with two attached hydrogens (primary N) is 1. The molecular weight excluding hydrogens is 2190 g/mol. The lowest BCUT2D eigenvalue weighted by molar-refractivity contribution is 0.0565. The minimum atomic E-state index is -2.02. The zero-order chi connectivity index (χ0) is 108. The van der Waals surface area contributed by atoms with Crippen molar-refractivity contribution in [3.63, 3.8) is 0 Å². The van der Waals surface area contributed by atoms with E-state index in [1.54, 1.807) is 136 Å². The Hall–Kier alpha value is -11.7. The van der Waals surface area contributed by atoms with Crippen molar-refractivity contribution in [1.29, 1.82) is 0 Å². The number of halogens is 8. The first kappa shape index (κ1) is 118. The van der Waals surface area contributed by atoms with Crippen LogP contribution in [0.4, 0.5) is 42.8 Å². The number of nitrogens with zero attached hydrogens (tertiary/aromatic N) is 12. The van der Waals surface area contributed by atoms with Gasteiger partial charge in [0, 0.05) is 71.8 Å². The lowest BCUT2D eigenvalue weighted by Gasteiger charge is -2.38. The van der Waals surface area contributed by atoms with Gasteiger partial charge < -0.3 is 62.5 Å². The number of anilines is 5. The molecule has 1 unspecified atom stereocenters. The van der Waals surface area contributed by atoms with Crippen LogP contribution < -0.4 is 49.4 Å². The number of ether oxygens (including phenoxy) is 8. The molecule has 146 heavy (non-hydrogen) atoms. The summed E-state index contributed by atoms with van der Waals surface area (Å²) in [6.07, 6.45) is 12.9. The van der Waals surface area contributed by atoms with Crippen LogP contribution in [0.3, 0.4) is 0 Å². The number of hydrogen-bond acceptors (Lipinski definition) is 23. The van der Waals surface area contributed by atoms with Gasteiger partial charge in [0.15, 0.2) is 16.5 Å². The van der Waals surface area contributed by atoms with E-state index in [1.807, 2.05) is 163 Å². The highest BCUT2D eigenvalue weighted by Crippen LogP contribution is 2.44. The Morgan fingerprint density at radius 3 is 1.17 bits per heavy atom. The van der Waals surface area contributed by atoms with Crippen LogP contribution in [-0.4, -0.2) is 148 Å². The quantitative estimate of drug-likeness (QED) is 0.0166. The van der Waals surface area contributed by atoms with Gasteiger partial charge in [0.05, 0.1) is 114 Å². The fourth-order valence-electron chi connectivity index (χ4n) is 13.8.